The molecule has 0 aliphatic carbocycles. The third kappa shape index (κ3) is 4.93. The molecule has 128 valence electrons. The highest BCUT2D eigenvalue weighted by Crippen LogP contribution is 2.22. The van der Waals surface area contributed by atoms with Gasteiger partial charge in [-0.15, -0.1) is 11.3 Å². The van der Waals surface area contributed by atoms with Crippen molar-refractivity contribution in [1.29, 1.82) is 0 Å². The molecule has 0 aliphatic heterocycles. The molecule has 0 fully saturated rings. The standard InChI is InChI=1S/C19H24N2O2S/c1-3-14-8-5-9-15(4-2)18(14)21-17(22)11-6-12-20-19(23)16-10-7-13-24-16/h5,7-10,13H,3-4,6,11-12H2,1-2H3,(H,20,23)(H,21,22). The monoisotopic (exact) mass is 344 g/mol. The third-order valence-electron chi connectivity index (χ3n) is 3.87. The van der Waals surface area contributed by atoms with Gasteiger partial charge in [-0.1, -0.05) is 38.1 Å². The molecule has 1 heterocycles. The van der Waals surface area contributed by atoms with Gasteiger partial charge in [-0.05, 0) is 41.8 Å². The van der Waals surface area contributed by atoms with Crippen molar-refractivity contribution in [1.82, 2.24) is 5.32 Å². The van der Waals surface area contributed by atoms with Gasteiger partial charge in [-0.3, -0.25) is 9.59 Å². The minimum atomic E-state index is -0.0741. The number of thiophene rings is 1. The normalized spacial score (nSPS) is 10.4. The van der Waals surface area contributed by atoms with Gasteiger partial charge in [0.2, 0.25) is 5.91 Å². The first-order valence-electron chi connectivity index (χ1n) is 8.38. The lowest BCUT2D eigenvalue weighted by Crippen LogP contribution is -2.24. The lowest BCUT2D eigenvalue weighted by molar-refractivity contribution is -0.116. The number of nitrogens with one attached hydrogen (secondary N) is 2. The van der Waals surface area contributed by atoms with E-state index in [1.165, 1.54) is 11.3 Å². The van der Waals surface area contributed by atoms with Crippen LogP contribution in [0.5, 0.6) is 0 Å². The first kappa shape index (κ1) is 18.2. The molecule has 4 nitrogen and oxygen atoms in total. The molecule has 0 bridgehead atoms. The van der Waals surface area contributed by atoms with Gasteiger partial charge < -0.3 is 10.6 Å². The van der Waals surface area contributed by atoms with Crippen molar-refractivity contribution < 1.29 is 9.59 Å². The Labute approximate surface area is 147 Å². The molecule has 0 aliphatic rings. The maximum absolute atomic E-state index is 12.2. The van der Waals surface area contributed by atoms with E-state index >= 15 is 0 Å². The summed E-state index contributed by atoms with van der Waals surface area (Å²) in [6.07, 6.45) is 2.80. The highest BCUT2D eigenvalue weighted by Gasteiger charge is 2.10. The zero-order valence-electron chi connectivity index (χ0n) is 14.2. The number of carbonyl (C=O) groups excluding carboxylic acids is 2. The van der Waals surface area contributed by atoms with Crippen molar-refractivity contribution in [3.8, 4) is 0 Å². The summed E-state index contributed by atoms with van der Waals surface area (Å²) in [5.41, 5.74) is 3.28. The summed E-state index contributed by atoms with van der Waals surface area (Å²) in [5, 5.41) is 7.76. The Morgan fingerprint density at radius 2 is 1.75 bits per heavy atom. The molecular formula is C19H24N2O2S. The summed E-state index contributed by atoms with van der Waals surface area (Å²) < 4.78 is 0. The molecule has 2 amide bonds. The minimum absolute atomic E-state index is 0.00373. The van der Waals surface area contributed by atoms with Gasteiger partial charge in [0.1, 0.15) is 0 Å². The number of aryl methyl sites for hydroxylation is 2. The summed E-state index contributed by atoms with van der Waals surface area (Å²) in [6, 6.07) is 9.78. The van der Waals surface area contributed by atoms with Gasteiger partial charge in [0.05, 0.1) is 4.88 Å². The zero-order valence-corrected chi connectivity index (χ0v) is 15.0. The van der Waals surface area contributed by atoms with Crippen LogP contribution in [0.3, 0.4) is 0 Å². The Balaban J connectivity index is 1.81. The minimum Gasteiger partial charge on any atom is -0.351 e. The van der Waals surface area contributed by atoms with Crippen LogP contribution in [-0.4, -0.2) is 18.4 Å². The summed E-state index contributed by atoms with van der Waals surface area (Å²) >= 11 is 1.41. The van der Waals surface area contributed by atoms with Crippen LogP contribution in [0.1, 0.15) is 47.5 Å². The maximum atomic E-state index is 12.2. The highest BCUT2D eigenvalue weighted by atomic mass is 32.1. The molecule has 0 spiro atoms. The Morgan fingerprint density at radius 1 is 1.04 bits per heavy atom. The van der Waals surface area contributed by atoms with Gasteiger partial charge in [-0.25, -0.2) is 0 Å². The average Bonchev–Trinajstić information content (AvgIpc) is 3.13. The molecule has 0 saturated heterocycles. The summed E-state index contributed by atoms with van der Waals surface area (Å²) in [5.74, 6) is -0.0778. The summed E-state index contributed by atoms with van der Waals surface area (Å²) in [7, 11) is 0. The van der Waals surface area contributed by atoms with Crippen LogP contribution in [0.25, 0.3) is 0 Å². The van der Waals surface area contributed by atoms with E-state index in [2.05, 4.69) is 36.6 Å². The number of carbonyl (C=O) groups is 2. The van der Waals surface area contributed by atoms with E-state index in [0.717, 1.165) is 29.7 Å². The molecule has 1 aromatic carbocycles. The van der Waals surface area contributed by atoms with Crippen LogP contribution >= 0.6 is 11.3 Å². The Bertz CT molecular complexity index is 658. The van der Waals surface area contributed by atoms with Crippen molar-refractivity contribution in [3.05, 3.63) is 51.7 Å². The number of para-hydroxylation sites is 1. The second-order valence-corrected chi connectivity index (χ2v) is 6.49. The van der Waals surface area contributed by atoms with E-state index in [9.17, 15) is 9.59 Å². The van der Waals surface area contributed by atoms with Gasteiger partial charge >= 0.3 is 0 Å². The smallest absolute Gasteiger partial charge is 0.261 e. The summed E-state index contributed by atoms with van der Waals surface area (Å²) in [4.78, 5) is 24.7. The van der Waals surface area contributed by atoms with Crippen molar-refractivity contribution >= 4 is 28.8 Å². The van der Waals surface area contributed by atoms with Crippen LogP contribution in [-0.2, 0) is 17.6 Å². The number of amides is 2. The fraction of sp³-hybridized carbons (Fsp3) is 0.368. The number of rotatable bonds is 8. The fourth-order valence-electron chi connectivity index (χ4n) is 2.55. The van der Waals surface area contributed by atoms with Crippen molar-refractivity contribution in [2.75, 3.05) is 11.9 Å². The van der Waals surface area contributed by atoms with Crippen molar-refractivity contribution in [2.24, 2.45) is 0 Å². The molecule has 2 N–H and O–H groups in total. The van der Waals surface area contributed by atoms with E-state index in [1.54, 1.807) is 6.07 Å². The topological polar surface area (TPSA) is 58.2 Å². The summed E-state index contributed by atoms with van der Waals surface area (Å²) in [6.45, 7) is 4.68. The lowest BCUT2D eigenvalue weighted by Gasteiger charge is -2.14. The number of benzene rings is 1. The molecule has 1 aromatic heterocycles. The molecule has 2 aromatic rings. The predicted octanol–water partition coefficient (Wildman–Crippen LogP) is 4.02. The number of hydrogen-bond donors (Lipinski definition) is 2. The largest absolute Gasteiger partial charge is 0.351 e. The van der Waals surface area contributed by atoms with E-state index in [-0.39, 0.29) is 11.8 Å². The molecule has 5 heteroatoms. The second kappa shape index (κ2) is 9.23. The molecule has 0 unspecified atom stereocenters. The lowest BCUT2D eigenvalue weighted by atomic mass is 10.0. The molecule has 2 rings (SSSR count). The SMILES string of the molecule is CCc1cccc(CC)c1NC(=O)CCCNC(=O)c1cccs1. The Hall–Kier alpha value is -2.14. The molecule has 0 atom stereocenters. The third-order valence-corrected chi connectivity index (χ3v) is 4.74. The average molecular weight is 344 g/mol. The van der Waals surface area contributed by atoms with E-state index in [0.29, 0.717) is 24.3 Å². The van der Waals surface area contributed by atoms with E-state index in [4.69, 9.17) is 0 Å². The first-order valence-corrected chi connectivity index (χ1v) is 9.26. The predicted molar refractivity (Wildman–Crippen MR) is 99.7 cm³/mol. The molecule has 0 saturated carbocycles. The molecule has 24 heavy (non-hydrogen) atoms. The van der Waals surface area contributed by atoms with Crippen LogP contribution in [0.15, 0.2) is 35.7 Å². The fourth-order valence-corrected chi connectivity index (χ4v) is 3.19. The van der Waals surface area contributed by atoms with E-state index < -0.39 is 0 Å². The highest BCUT2D eigenvalue weighted by molar-refractivity contribution is 7.12. The second-order valence-electron chi connectivity index (χ2n) is 5.54. The molecule has 0 radical (unpaired) electrons. The number of hydrogen-bond acceptors (Lipinski definition) is 3. The van der Waals surface area contributed by atoms with Crippen molar-refractivity contribution in [2.45, 2.75) is 39.5 Å². The van der Waals surface area contributed by atoms with Gasteiger partial charge in [0.15, 0.2) is 0 Å². The van der Waals surface area contributed by atoms with Gasteiger partial charge in [-0.2, -0.15) is 0 Å². The Morgan fingerprint density at radius 3 is 2.33 bits per heavy atom. The Kier molecular flexibility index (Phi) is 7.00. The zero-order chi connectivity index (χ0) is 17.4. The van der Waals surface area contributed by atoms with Crippen LogP contribution in [0, 0.1) is 0 Å². The molecular weight excluding hydrogens is 320 g/mol. The van der Waals surface area contributed by atoms with Crippen molar-refractivity contribution in [3.63, 3.8) is 0 Å². The quantitative estimate of drug-likeness (QED) is 0.711. The maximum Gasteiger partial charge on any atom is 0.261 e. The van der Waals surface area contributed by atoms with Gasteiger partial charge in [0, 0.05) is 18.7 Å². The first-order chi connectivity index (χ1) is 11.7. The van der Waals surface area contributed by atoms with Crippen LogP contribution in [0.4, 0.5) is 5.69 Å². The van der Waals surface area contributed by atoms with Gasteiger partial charge in [0.25, 0.3) is 5.91 Å². The van der Waals surface area contributed by atoms with E-state index in [1.807, 2.05) is 17.5 Å². The van der Waals surface area contributed by atoms with Crippen LogP contribution < -0.4 is 10.6 Å². The number of anilines is 1. The van der Waals surface area contributed by atoms with Crippen LogP contribution in [0.2, 0.25) is 0 Å².